The van der Waals surface area contributed by atoms with Gasteiger partial charge >= 0.3 is 5.97 Å². The minimum atomic E-state index is -2.00. The van der Waals surface area contributed by atoms with Gasteiger partial charge in [0.1, 0.15) is 5.60 Å². The van der Waals surface area contributed by atoms with Gasteiger partial charge < -0.3 is 14.9 Å². The molecule has 0 radical (unpaired) electrons. The zero-order valence-corrected chi connectivity index (χ0v) is 11.1. The second-order valence-electron chi connectivity index (χ2n) is 5.16. The molecule has 104 valence electrons. The minimum absolute atomic E-state index is 0.381. The van der Waals surface area contributed by atoms with Crippen molar-refractivity contribution in [3.8, 4) is 0 Å². The molecular weight excluding hydrogens is 244 g/mol. The molecule has 1 unspecified atom stereocenters. The number of esters is 1. The summed E-state index contributed by atoms with van der Waals surface area (Å²) in [4.78, 5) is 12.1. The van der Waals surface area contributed by atoms with Gasteiger partial charge in [-0.15, -0.1) is 0 Å². The van der Waals surface area contributed by atoms with E-state index in [-0.39, 0.29) is 0 Å². The largest absolute Gasteiger partial charge is 0.467 e. The summed E-state index contributed by atoms with van der Waals surface area (Å²) in [5, 5.41) is 21.7. The first-order valence-corrected chi connectivity index (χ1v) is 6.63. The Morgan fingerprint density at radius 2 is 1.79 bits per heavy atom. The van der Waals surface area contributed by atoms with Crippen molar-refractivity contribution >= 4 is 5.97 Å². The summed E-state index contributed by atoms with van der Waals surface area (Å²) in [5.41, 5.74) is -3.07. The highest BCUT2D eigenvalue weighted by molar-refractivity contribution is 5.82. The average Bonchev–Trinajstić information content (AvgIpc) is 2.47. The standard InChI is InChI=1S/C15H20O4/c1-19-13(16)15(18,12-8-4-2-5-9-12)14(17)10-6-3-7-11-14/h2,4-5,8-9,17-18H,3,6-7,10-11H2,1H3. The minimum Gasteiger partial charge on any atom is -0.467 e. The SMILES string of the molecule is COC(=O)C(O)(c1ccccc1)C1(O)CCCCC1. The molecule has 19 heavy (non-hydrogen) atoms. The summed E-state index contributed by atoms with van der Waals surface area (Å²) in [6.45, 7) is 0. The van der Waals surface area contributed by atoms with Crippen molar-refractivity contribution < 1.29 is 19.7 Å². The first kappa shape index (κ1) is 14.0. The molecule has 1 aromatic rings. The van der Waals surface area contributed by atoms with E-state index in [9.17, 15) is 15.0 Å². The van der Waals surface area contributed by atoms with E-state index in [0.29, 0.717) is 18.4 Å². The van der Waals surface area contributed by atoms with Crippen molar-refractivity contribution in [1.29, 1.82) is 0 Å². The molecule has 1 atom stereocenters. The topological polar surface area (TPSA) is 66.8 Å². The number of ether oxygens (including phenoxy) is 1. The van der Waals surface area contributed by atoms with Crippen LogP contribution in [0.3, 0.4) is 0 Å². The summed E-state index contributed by atoms with van der Waals surface area (Å²) in [7, 11) is 1.22. The van der Waals surface area contributed by atoms with Crippen molar-refractivity contribution in [3.63, 3.8) is 0 Å². The van der Waals surface area contributed by atoms with Gasteiger partial charge in [-0.05, 0) is 18.4 Å². The van der Waals surface area contributed by atoms with Crippen LogP contribution < -0.4 is 0 Å². The maximum absolute atomic E-state index is 12.1. The Morgan fingerprint density at radius 3 is 2.32 bits per heavy atom. The number of carbonyl (C=O) groups excluding carboxylic acids is 1. The molecule has 1 aliphatic rings. The van der Waals surface area contributed by atoms with Crippen LogP contribution in [0.5, 0.6) is 0 Å². The third kappa shape index (κ3) is 2.26. The Hall–Kier alpha value is -1.39. The predicted molar refractivity (Wildman–Crippen MR) is 70.4 cm³/mol. The number of aliphatic hydroxyl groups is 2. The van der Waals surface area contributed by atoms with E-state index in [1.54, 1.807) is 30.3 Å². The first-order chi connectivity index (χ1) is 9.04. The summed E-state index contributed by atoms with van der Waals surface area (Å²) in [6, 6.07) is 8.55. The molecule has 0 aromatic heterocycles. The molecule has 2 N–H and O–H groups in total. The second-order valence-corrected chi connectivity index (χ2v) is 5.16. The zero-order chi connectivity index (χ0) is 13.9. The molecule has 2 rings (SSSR count). The highest BCUT2D eigenvalue weighted by Crippen LogP contribution is 2.43. The Labute approximate surface area is 113 Å². The monoisotopic (exact) mass is 264 g/mol. The highest BCUT2D eigenvalue weighted by atomic mass is 16.5. The average molecular weight is 264 g/mol. The summed E-state index contributed by atoms with van der Waals surface area (Å²) >= 11 is 0. The summed E-state index contributed by atoms with van der Waals surface area (Å²) in [6.07, 6.45) is 3.39. The number of rotatable bonds is 3. The van der Waals surface area contributed by atoms with Crippen LogP contribution in [0.1, 0.15) is 37.7 Å². The third-order valence-electron chi connectivity index (χ3n) is 4.03. The van der Waals surface area contributed by atoms with Crippen molar-refractivity contribution in [2.45, 2.75) is 43.3 Å². The maximum atomic E-state index is 12.1. The van der Waals surface area contributed by atoms with E-state index in [1.807, 2.05) is 0 Å². The van der Waals surface area contributed by atoms with Crippen LogP contribution in [0.15, 0.2) is 30.3 Å². The smallest absolute Gasteiger partial charge is 0.345 e. The number of benzene rings is 1. The quantitative estimate of drug-likeness (QED) is 0.816. The zero-order valence-electron chi connectivity index (χ0n) is 11.1. The molecule has 0 amide bonds. The number of hydrogen-bond donors (Lipinski definition) is 2. The lowest BCUT2D eigenvalue weighted by Crippen LogP contribution is -2.58. The Kier molecular flexibility index (Phi) is 3.92. The third-order valence-corrected chi connectivity index (χ3v) is 4.03. The Bertz CT molecular complexity index is 437. The maximum Gasteiger partial charge on any atom is 0.345 e. The predicted octanol–water partition coefficient (Wildman–Crippen LogP) is 1.74. The van der Waals surface area contributed by atoms with Gasteiger partial charge in [0.25, 0.3) is 0 Å². The summed E-state index contributed by atoms with van der Waals surface area (Å²) < 4.78 is 4.74. The number of hydrogen-bond acceptors (Lipinski definition) is 4. The van der Waals surface area contributed by atoms with Gasteiger partial charge in [0.15, 0.2) is 0 Å². The molecule has 0 saturated heterocycles. The van der Waals surface area contributed by atoms with Crippen molar-refractivity contribution in [2.24, 2.45) is 0 Å². The fourth-order valence-electron chi connectivity index (χ4n) is 2.90. The Balaban J connectivity index is 2.48. The van der Waals surface area contributed by atoms with Gasteiger partial charge in [-0.1, -0.05) is 49.6 Å². The molecule has 4 heteroatoms. The van der Waals surface area contributed by atoms with E-state index >= 15 is 0 Å². The molecule has 0 aliphatic heterocycles. The second kappa shape index (κ2) is 5.31. The van der Waals surface area contributed by atoms with Gasteiger partial charge in [-0.3, -0.25) is 0 Å². The first-order valence-electron chi connectivity index (χ1n) is 6.63. The van der Waals surface area contributed by atoms with E-state index in [4.69, 9.17) is 4.74 Å². The van der Waals surface area contributed by atoms with Crippen LogP contribution >= 0.6 is 0 Å². The van der Waals surface area contributed by atoms with E-state index < -0.39 is 17.2 Å². The van der Waals surface area contributed by atoms with Crippen LogP contribution in [0.25, 0.3) is 0 Å². The van der Waals surface area contributed by atoms with E-state index in [1.165, 1.54) is 7.11 Å². The summed E-state index contributed by atoms with van der Waals surface area (Å²) in [5.74, 6) is -0.803. The van der Waals surface area contributed by atoms with Crippen molar-refractivity contribution in [1.82, 2.24) is 0 Å². The van der Waals surface area contributed by atoms with Crippen molar-refractivity contribution in [3.05, 3.63) is 35.9 Å². The van der Waals surface area contributed by atoms with Gasteiger partial charge in [-0.2, -0.15) is 0 Å². The van der Waals surface area contributed by atoms with Gasteiger partial charge in [0.2, 0.25) is 5.60 Å². The van der Waals surface area contributed by atoms with Gasteiger partial charge in [0, 0.05) is 0 Å². The normalized spacial score (nSPS) is 21.4. The lowest BCUT2D eigenvalue weighted by Gasteiger charge is -2.43. The molecule has 4 nitrogen and oxygen atoms in total. The van der Waals surface area contributed by atoms with Crippen LogP contribution in [0, 0.1) is 0 Å². The van der Waals surface area contributed by atoms with Crippen molar-refractivity contribution in [2.75, 3.05) is 7.11 Å². The molecule has 0 bridgehead atoms. The van der Waals surface area contributed by atoms with Crippen LogP contribution in [-0.4, -0.2) is 28.9 Å². The molecule has 1 saturated carbocycles. The molecule has 1 aliphatic carbocycles. The molecule has 1 aromatic carbocycles. The number of methoxy groups -OCH3 is 1. The Morgan fingerprint density at radius 1 is 1.21 bits per heavy atom. The van der Waals surface area contributed by atoms with Crippen LogP contribution in [-0.2, 0) is 15.1 Å². The highest BCUT2D eigenvalue weighted by Gasteiger charge is 2.57. The number of carbonyl (C=O) groups is 1. The van der Waals surface area contributed by atoms with E-state index in [0.717, 1.165) is 19.3 Å². The molecule has 1 fully saturated rings. The fourth-order valence-corrected chi connectivity index (χ4v) is 2.90. The van der Waals surface area contributed by atoms with Gasteiger partial charge in [-0.25, -0.2) is 4.79 Å². The lowest BCUT2D eigenvalue weighted by molar-refractivity contribution is -0.206. The molecule has 0 heterocycles. The van der Waals surface area contributed by atoms with Crippen LogP contribution in [0.2, 0.25) is 0 Å². The van der Waals surface area contributed by atoms with Crippen LogP contribution in [0.4, 0.5) is 0 Å². The molecular formula is C15H20O4. The lowest BCUT2D eigenvalue weighted by atomic mass is 9.69. The molecule has 0 spiro atoms. The van der Waals surface area contributed by atoms with Gasteiger partial charge in [0.05, 0.1) is 7.11 Å². The fraction of sp³-hybridized carbons (Fsp3) is 0.533. The van der Waals surface area contributed by atoms with E-state index in [2.05, 4.69) is 0 Å².